The van der Waals surface area contributed by atoms with E-state index in [1.807, 2.05) is 38.4 Å². The number of methoxy groups -OCH3 is 1. The molecular weight excluding hydrogens is 240 g/mol. The van der Waals surface area contributed by atoms with Gasteiger partial charge >= 0.3 is 0 Å². The molecule has 4 nitrogen and oxygen atoms in total. The van der Waals surface area contributed by atoms with Crippen molar-refractivity contribution in [3.05, 3.63) is 29.8 Å². The Balaban J connectivity index is 2.90. The SMILES string of the molecule is COc1ccc(C(CCN(C)C)C(=O)N(C)C)cc1. The molecule has 0 bridgehead atoms. The summed E-state index contributed by atoms with van der Waals surface area (Å²) in [7, 11) is 9.28. The van der Waals surface area contributed by atoms with Crippen molar-refractivity contribution in [2.75, 3.05) is 41.8 Å². The second-order valence-corrected chi connectivity index (χ2v) is 5.15. The first-order valence-electron chi connectivity index (χ1n) is 6.45. The van der Waals surface area contributed by atoms with Crippen LogP contribution in [-0.4, -0.2) is 57.6 Å². The van der Waals surface area contributed by atoms with Gasteiger partial charge < -0.3 is 14.5 Å². The van der Waals surface area contributed by atoms with Gasteiger partial charge in [0.05, 0.1) is 13.0 Å². The molecule has 1 amide bonds. The number of hydrogen-bond acceptors (Lipinski definition) is 3. The van der Waals surface area contributed by atoms with Gasteiger partial charge in [0.1, 0.15) is 5.75 Å². The van der Waals surface area contributed by atoms with Crippen LogP contribution in [0.2, 0.25) is 0 Å². The zero-order chi connectivity index (χ0) is 14.4. The quantitative estimate of drug-likeness (QED) is 0.785. The van der Waals surface area contributed by atoms with Crippen molar-refractivity contribution in [3.8, 4) is 5.75 Å². The summed E-state index contributed by atoms with van der Waals surface area (Å²) in [5, 5.41) is 0. The molecule has 0 radical (unpaired) electrons. The molecule has 1 rings (SSSR count). The van der Waals surface area contributed by atoms with E-state index in [0.717, 1.165) is 24.3 Å². The maximum Gasteiger partial charge on any atom is 0.229 e. The fourth-order valence-electron chi connectivity index (χ4n) is 1.97. The average molecular weight is 264 g/mol. The van der Waals surface area contributed by atoms with Crippen LogP contribution in [0.25, 0.3) is 0 Å². The molecule has 0 N–H and O–H groups in total. The molecule has 1 aromatic carbocycles. The second kappa shape index (κ2) is 7.14. The summed E-state index contributed by atoms with van der Waals surface area (Å²) in [6.07, 6.45) is 0.816. The van der Waals surface area contributed by atoms with Gasteiger partial charge in [0, 0.05) is 14.1 Å². The summed E-state index contributed by atoms with van der Waals surface area (Å²) in [5.74, 6) is 0.864. The number of nitrogens with zero attached hydrogens (tertiary/aromatic N) is 2. The molecule has 1 atom stereocenters. The monoisotopic (exact) mass is 264 g/mol. The molecule has 0 heterocycles. The highest BCUT2D eigenvalue weighted by molar-refractivity contribution is 5.83. The van der Waals surface area contributed by atoms with E-state index in [0.29, 0.717) is 0 Å². The Kier molecular flexibility index (Phi) is 5.83. The van der Waals surface area contributed by atoms with Crippen LogP contribution in [0, 0.1) is 0 Å². The minimum absolute atomic E-state index is 0.0942. The Hall–Kier alpha value is -1.55. The van der Waals surface area contributed by atoms with Gasteiger partial charge in [-0.1, -0.05) is 12.1 Å². The molecule has 0 saturated heterocycles. The lowest BCUT2D eigenvalue weighted by Crippen LogP contribution is -2.30. The summed E-state index contributed by atoms with van der Waals surface area (Å²) < 4.78 is 5.15. The van der Waals surface area contributed by atoms with Crippen molar-refractivity contribution >= 4 is 5.91 Å². The maximum atomic E-state index is 12.3. The molecule has 1 aromatic rings. The molecule has 4 heteroatoms. The Bertz CT molecular complexity index is 399. The van der Waals surface area contributed by atoms with Gasteiger partial charge in [0.25, 0.3) is 0 Å². The van der Waals surface area contributed by atoms with E-state index in [1.165, 1.54) is 0 Å². The normalized spacial score (nSPS) is 12.3. The Morgan fingerprint density at radius 2 is 1.74 bits per heavy atom. The molecule has 106 valence electrons. The maximum absolute atomic E-state index is 12.3. The van der Waals surface area contributed by atoms with Crippen molar-refractivity contribution in [1.29, 1.82) is 0 Å². The van der Waals surface area contributed by atoms with Gasteiger partial charge in [-0.3, -0.25) is 4.79 Å². The standard InChI is InChI=1S/C15H24N2O2/c1-16(2)11-10-14(15(18)17(3)4)12-6-8-13(19-5)9-7-12/h6-9,14H,10-11H2,1-5H3. The Morgan fingerprint density at radius 1 is 1.16 bits per heavy atom. The molecule has 0 spiro atoms. The van der Waals surface area contributed by atoms with E-state index in [-0.39, 0.29) is 11.8 Å². The van der Waals surface area contributed by atoms with Gasteiger partial charge in [-0.05, 0) is 44.8 Å². The zero-order valence-corrected chi connectivity index (χ0v) is 12.5. The van der Waals surface area contributed by atoms with E-state index < -0.39 is 0 Å². The third-order valence-electron chi connectivity index (χ3n) is 3.12. The number of carbonyl (C=O) groups excluding carboxylic acids is 1. The second-order valence-electron chi connectivity index (χ2n) is 5.15. The van der Waals surface area contributed by atoms with Crippen molar-refractivity contribution in [3.63, 3.8) is 0 Å². The van der Waals surface area contributed by atoms with Crippen LogP contribution in [0.3, 0.4) is 0 Å². The molecular formula is C15H24N2O2. The minimum Gasteiger partial charge on any atom is -0.497 e. The number of rotatable bonds is 6. The third-order valence-corrected chi connectivity index (χ3v) is 3.12. The van der Waals surface area contributed by atoms with E-state index in [2.05, 4.69) is 4.90 Å². The molecule has 1 unspecified atom stereocenters. The molecule has 0 aliphatic rings. The topological polar surface area (TPSA) is 32.8 Å². The number of amides is 1. The van der Waals surface area contributed by atoms with Crippen LogP contribution >= 0.6 is 0 Å². The number of likely N-dealkylation sites (N-methyl/N-ethyl adjacent to an activating group) is 1. The zero-order valence-electron chi connectivity index (χ0n) is 12.5. The van der Waals surface area contributed by atoms with Gasteiger partial charge in [0.2, 0.25) is 5.91 Å². The molecule has 0 aliphatic carbocycles. The van der Waals surface area contributed by atoms with Crippen molar-refractivity contribution in [2.45, 2.75) is 12.3 Å². The highest BCUT2D eigenvalue weighted by Gasteiger charge is 2.22. The number of benzene rings is 1. The summed E-state index contributed by atoms with van der Waals surface area (Å²) in [5.41, 5.74) is 1.04. The smallest absolute Gasteiger partial charge is 0.229 e. The molecule has 0 fully saturated rings. The lowest BCUT2D eigenvalue weighted by Gasteiger charge is -2.22. The first-order valence-corrected chi connectivity index (χ1v) is 6.45. The third kappa shape index (κ3) is 4.56. The number of ether oxygens (including phenoxy) is 1. The van der Waals surface area contributed by atoms with E-state index >= 15 is 0 Å². The summed E-state index contributed by atoms with van der Waals surface area (Å²) in [6, 6.07) is 7.75. The first kappa shape index (κ1) is 15.5. The largest absolute Gasteiger partial charge is 0.497 e. The molecule has 19 heavy (non-hydrogen) atoms. The number of hydrogen-bond donors (Lipinski definition) is 0. The summed E-state index contributed by atoms with van der Waals surface area (Å²) >= 11 is 0. The molecule has 0 aromatic heterocycles. The Labute approximate surface area is 116 Å². The van der Waals surface area contributed by atoms with Gasteiger partial charge in [-0.2, -0.15) is 0 Å². The van der Waals surface area contributed by atoms with E-state index in [9.17, 15) is 4.79 Å². The van der Waals surface area contributed by atoms with Crippen molar-refractivity contribution < 1.29 is 9.53 Å². The fourth-order valence-corrected chi connectivity index (χ4v) is 1.97. The van der Waals surface area contributed by atoms with E-state index in [1.54, 1.807) is 26.1 Å². The summed E-state index contributed by atoms with van der Waals surface area (Å²) in [6.45, 7) is 0.885. The molecule has 0 saturated carbocycles. The van der Waals surface area contributed by atoms with Gasteiger partial charge in [-0.25, -0.2) is 0 Å². The number of carbonyl (C=O) groups is 1. The van der Waals surface area contributed by atoms with Crippen LogP contribution in [-0.2, 0) is 4.79 Å². The lowest BCUT2D eigenvalue weighted by molar-refractivity contribution is -0.130. The predicted octanol–water partition coefficient (Wildman–Crippen LogP) is 1.82. The average Bonchev–Trinajstić information content (AvgIpc) is 2.39. The van der Waals surface area contributed by atoms with Crippen LogP contribution in [0.1, 0.15) is 17.9 Å². The minimum atomic E-state index is -0.0942. The fraction of sp³-hybridized carbons (Fsp3) is 0.533. The van der Waals surface area contributed by atoms with Crippen LogP contribution in [0.15, 0.2) is 24.3 Å². The van der Waals surface area contributed by atoms with Crippen LogP contribution < -0.4 is 4.74 Å². The van der Waals surface area contributed by atoms with Crippen LogP contribution in [0.4, 0.5) is 0 Å². The van der Waals surface area contributed by atoms with E-state index in [4.69, 9.17) is 4.74 Å². The van der Waals surface area contributed by atoms with Crippen molar-refractivity contribution in [1.82, 2.24) is 9.80 Å². The molecule has 0 aliphatic heterocycles. The lowest BCUT2D eigenvalue weighted by atomic mass is 9.94. The summed E-state index contributed by atoms with van der Waals surface area (Å²) in [4.78, 5) is 16.0. The van der Waals surface area contributed by atoms with Gasteiger partial charge in [-0.15, -0.1) is 0 Å². The van der Waals surface area contributed by atoms with Crippen molar-refractivity contribution in [2.24, 2.45) is 0 Å². The van der Waals surface area contributed by atoms with Crippen LogP contribution in [0.5, 0.6) is 5.75 Å². The van der Waals surface area contributed by atoms with Gasteiger partial charge in [0.15, 0.2) is 0 Å². The highest BCUT2D eigenvalue weighted by Crippen LogP contribution is 2.24. The highest BCUT2D eigenvalue weighted by atomic mass is 16.5. The Morgan fingerprint density at radius 3 is 2.16 bits per heavy atom. The first-order chi connectivity index (χ1) is 8.95. The predicted molar refractivity (Wildman–Crippen MR) is 77.6 cm³/mol.